The highest BCUT2D eigenvalue weighted by atomic mass is 32.1. The van der Waals surface area contributed by atoms with Gasteiger partial charge in [0.25, 0.3) is 0 Å². The maximum Gasteiger partial charge on any atom is 0.146 e. The van der Waals surface area contributed by atoms with Crippen LogP contribution in [0.2, 0.25) is 0 Å². The molecule has 0 saturated heterocycles. The van der Waals surface area contributed by atoms with Crippen LogP contribution in [0.5, 0.6) is 0 Å². The van der Waals surface area contributed by atoms with E-state index in [0.717, 1.165) is 15.4 Å². The smallest absolute Gasteiger partial charge is 0.146 e. The molecule has 0 fully saturated rings. The lowest BCUT2D eigenvalue weighted by atomic mass is 10.2. The summed E-state index contributed by atoms with van der Waals surface area (Å²) < 4.78 is 13.4. The average Bonchev–Trinajstić information content (AvgIpc) is 2.66. The summed E-state index contributed by atoms with van der Waals surface area (Å²) in [6.07, 6.45) is 1.82. The predicted molar refractivity (Wildman–Crippen MR) is 65.3 cm³/mol. The van der Waals surface area contributed by atoms with E-state index >= 15 is 0 Å². The van der Waals surface area contributed by atoms with Crippen molar-refractivity contribution in [2.24, 2.45) is 0 Å². The molecule has 84 valence electrons. The molecule has 0 spiro atoms. The van der Waals surface area contributed by atoms with Crippen LogP contribution in [0.25, 0.3) is 0 Å². The summed E-state index contributed by atoms with van der Waals surface area (Å²) in [5, 5.41) is 4.11. The third kappa shape index (κ3) is 2.58. The number of aryl methyl sites for hydroxylation is 2. The standard InChI is InChI=1S/C12H13FN2S/c1-8-3-4-11(13)12(5-8)15-7-10-6-14-9(2)16-10/h3-6,15H,7H2,1-2H3. The molecule has 4 heteroatoms. The van der Waals surface area contributed by atoms with Crippen molar-refractivity contribution in [3.8, 4) is 0 Å². The van der Waals surface area contributed by atoms with Crippen molar-refractivity contribution in [3.05, 3.63) is 45.7 Å². The Hall–Kier alpha value is -1.42. The average molecular weight is 236 g/mol. The van der Waals surface area contributed by atoms with Gasteiger partial charge in [-0.3, -0.25) is 0 Å². The summed E-state index contributed by atoms with van der Waals surface area (Å²) in [6.45, 7) is 4.52. The van der Waals surface area contributed by atoms with Gasteiger partial charge in [-0.15, -0.1) is 11.3 Å². The zero-order valence-electron chi connectivity index (χ0n) is 9.25. The Morgan fingerprint density at radius 3 is 2.88 bits per heavy atom. The van der Waals surface area contributed by atoms with E-state index in [4.69, 9.17) is 0 Å². The second-order valence-electron chi connectivity index (χ2n) is 3.68. The van der Waals surface area contributed by atoms with Crippen molar-refractivity contribution in [3.63, 3.8) is 0 Å². The van der Waals surface area contributed by atoms with Gasteiger partial charge in [-0.05, 0) is 31.5 Å². The van der Waals surface area contributed by atoms with E-state index in [-0.39, 0.29) is 5.82 Å². The second-order valence-corrected chi connectivity index (χ2v) is 5.00. The largest absolute Gasteiger partial charge is 0.378 e. The number of benzene rings is 1. The summed E-state index contributed by atoms with van der Waals surface area (Å²) in [5.74, 6) is -0.216. The minimum Gasteiger partial charge on any atom is -0.378 e. The van der Waals surface area contributed by atoms with Gasteiger partial charge in [0.1, 0.15) is 5.82 Å². The summed E-state index contributed by atoms with van der Waals surface area (Å²) in [4.78, 5) is 5.26. The number of halogens is 1. The first-order chi connectivity index (χ1) is 7.65. The molecule has 1 aromatic heterocycles. The molecule has 2 rings (SSSR count). The maximum atomic E-state index is 13.4. The molecule has 0 unspecified atom stereocenters. The van der Waals surface area contributed by atoms with Crippen LogP contribution in [0.1, 0.15) is 15.4 Å². The molecule has 0 saturated carbocycles. The molecule has 0 aliphatic carbocycles. The number of aromatic nitrogens is 1. The van der Waals surface area contributed by atoms with Crippen LogP contribution in [-0.2, 0) is 6.54 Å². The summed E-state index contributed by atoms with van der Waals surface area (Å²) in [5.41, 5.74) is 1.59. The first kappa shape index (κ1) is 11.1. The van der Waals surface area contributed by atoms with Gasteiger partial charge < -0.3 is 5.32 Å². The maximum absolute atomic E-state index is 13.4. The Labute approximate surface area is 98.2 Å². The number of nitrogens with one attached hydrogen (secondary N) is 1. The molecule has 0 aliphatic rings. The van der Waals surface area contributed by atoms with Gasteiger partial charge >= 0.3 is 0 Å². The van der Waals surface area contributed by atoms with E-state index in [1.54, 1.807) is 17.4 Å². The highest BCUT2D eigenvalue weighted by molar-refractivity contribution is 7.11. The van der Waals surface area contributed by atoms with Crippen molar-refractivity contribution in [1.82, 2.24) is 4.98 Å². The topological polar surface area (TPSA) is 24.9 Å². The normalized spacial score (nSPS) is 10.4. The Bertz CT molecular complexity index is 494. The Balaban J connectivity index is 2.07. The van der Waals surface area contributed by atoms with E-state index in [9.17, 15) is 4.39 Å². The lowest BCUT2D eigenvalue weighted by Crippen LogP contribution is -2.00. The van der Waals surface area contributed by atoms with Gasteiger partial charge in [0.2, 0.25) is 0 Å². The first-order valence-corrected chi connectivity index (χ1v) is 5.88. The van der Waals surface area contributed by atoms with E-state index in [1.807, 2.05) is 26.1 Å². The van der Waals surface area contributed by atoms with Gasteiger partial charge in [0.05, 0.1) is 17.2 Å². The second kappa shape index (κ2) is 4.61. The molecular formula is C12H13FN2S. The number of nitrogens with zero attached hydrogens (tertiary/aromatic N) is 1. The van der Waals surface area contributed by atoms with Crippen LogP contribution in [0.15, 0.2) is 24.4 Å². The summed E-state index contributed by atoms with van der Waals surface area (Å²) >= 11 is 1.62. The molecule has 2 nitrogen and oxygen atoms in total. The van der Waals surface area contributed by atoms with Crippen LogP contribution < -0.4 is 5.32 Å². The quantitative estimate of drug-likeness (QED) is 0.882. The van der Waals surface area contributed by atoms with Crippen LogP contribution in [-0.4, -0.2) is 4.98 Å². The third-order valence-electron chi connectivity index (χ3n) is 2.24. The molecule has 1 N–H and O–H groups in total. The molecule has 1 aromatic carbocycles. The van der Waals surface area contributed by atoms with Crippen LogP contribution in [0.3, 0.4) is 0 Å². The molecule has 0 bridgehead atoms. The Kier molecular flexibility index (Phi) is 3.19. The number of hydrogen-bond acceptors (Lipinski definition) is 3. The van der Waals surface area contributed by atoms with Crippen molar-refractivity contribution in [1.29, 1.82) is 0 Å². The lowest BCUT2D eigenvalue weighted by Gasteiger charge is -2.06. The molecule has 0 aliphatic heterocycles. The SMILES string of the molecule is Cc1ccc(F)c(NCc2cnc(C)s2)c1. The summed E-state index contributed by atoms with van der Waals surface area (Å²) in [7, 11) is 0. The third-order valence-corrected chi connectivity index (χ3v) is 3.16. The highest BCUT2D eigenvalue weighted by Gasteiger charge is 2.03. The fraction of sp³-hybridized carbons (Fsp3) is 0.250. The molecule has 0 amide bonds. The zero-order chi connectivity index (χ0) is 11.5. The lowest BCUT2D eigenvalue weighted by molar-refractivity contribution is 0.630. The molecule has 2 aromatic rings. The molecule has 1 heterocycles. The first-order valence-electron chi connectivity index (χ1n) is 5.06. The van der Waals surface area contributed by atoms with Crippen molar-refractivity contribution >= 4 is 17.0 Å². The molecule has 0 atom stereocenters. The zero-order valence-corrected chi connectivity index (χ0v) is 10.1. The fourth-order valence-corrected chi connectivity index (χ4v) is 2.18. The van der Waals surface area contributed by atoms with Crippen molar-refractivity contribution in [2.75, 3.05) is 5.32 Å². The van der Waals surface area contributed by atoms with Crippen LogP contribution in [0.4, 0.5) is 10.1 Å². The molecule has 16 heavy (non-hydrogen) atoms. The van der Waals surface area contributed by atoms with Gasteiger partial charge in [-0.25, -0.2) is 9.37 Å². The number of hydrogen-bond donors (Lipinski definition) is 1. The van der Waals surface area contributed by atoms with Gasteiger partial charge in [0, 0.05) is 11.1 Å². The summed E-state index contributed by atoms with van der Waals surface area (Å²) in [6, 6.07) is 5.05. The van der Waals surface area contributed by atoms with Crippen molar-refractivity contribution < 1.29 is 4.39 Å². The van der Waals surface area contributed by atoms with Crippen molar-refractivity contribution in [2.45, 2.75) is 20.4 Å². The fourth-order valence-electron chi connectivity index (χ4n) is 1.44. The number of thiazole rings is 1. The Morgan fingerprint density at radius 1 is 1.38 bits per heavy atom. The highest BCUT2D eigenvalue weighted by Crippen LogP contribution is 2.18. The Morgan fingerprint density at radius 2 is 2.19 bits per heavy atom. The van der Waals surface area contributed by atoms with E-state index < -0.39 is 0 Å². The minimum atomic E-state index is -0.216. The molecule has 0 radical (unpaired) electrons. The van der Waals surface area contributed by atoms with E-state index in [2.05, 4.69) is 10.3 Å². The van der Waals surface area contributed by atoms with Gasteiger partial charge in [-0.2, -0.15) is 0 Å². The van der Waals surface area contributed by atoms with Gasteiger partial charge in [0.15, 0.2) is 0 Å². The van der Waals surface area contributed by atoms with E-state index in [1.165, 1.54) is 6.07 Å². The van der Waals surface area contributed by atoms with Gasteiger partial charge in [-0.1, -0.05) is 6.07 Å². The monoisotopic (exact) mass is 236 g/mol. The number of rotatable bonds is 3. The predicted octanol–water partition coefficient (Wildman–Crippen LogP) is 3.51. The molecular weight excluding hydrogens is 223 g/mol. The van der Waals surface area contributed by atoms with E-state index in [0.29, 0.717) is 12.2 Å². The number of anilines is 1. The van der Waals surface area contributed by atoms with Crippen LogP contribution in [0, 0.1) is 19.7 Å². The van der Waals surface area contributed by atoms with Crippen LogP contribution >= 0.6 is 11.3 Å². The minimum absolute atomic E-state index is 0.216.